The van der Waals surface area contributed by atoms with Gasteiger partial charge in [0.1, 0.15) is 6.61 Å². The molecule has 0 atom stereocenters. The maximum Gasteiger partial charge on any atom is 0.195 e. The molecule has 152 valence electrons. The molecule has 0 radical (unpaired) electrons. The average Bonchev–Trinajstić information content (AvgIpc) is 3.28. The van der Waals surface area contributed by atoms with Gasteiger partial charge in [-0.15, -0.1) is 11.3 Å². The van der Waals surface area contributed by atoms with Crippen LogP contribution in [0.2, 0.25) is 5.02 Å². The van der Waals surface area contributed by atoms with Crippen LogP contribution in [0.3, 0.4) is 0 Å². The highest BCUT2D eigenvalue weighted by Crippen LogP contribution is 2.34. The molecule has 0 N–H and O–H groups in total. The zero-order chi connectivity index (χ0) is 20.5. The summed E-state index contributed by atoms with van der Waals surface area (Å²) in [6.45, 7) is 2.52. The predicted molar refractivity (Wildman–Crippen MR) is 124 cm³/mol. The third kappa shape index (κ3) is 3.75. The van der Waals surface area contributed by atoms with E-state index in [4.69, 9.17) is 21.4 Å². The Labute approximate surface area is 184 Å². The van der Waals surface area contributed by atoms with Crippen molar-refractivity contribution in [2.24, 2.45) is 5.16 Å². The number of imidazole rings is 1. The summed E-state index contributed by atoms with van der Waals surface area (Å²) in [5.74, 6) is 0. The molecule has 0 unspecified atom stereocenters. The molecule has 1 aliphatic carbocycles. The number of hydrogen-bond acceptors (Lipinski definition) is 4. The summed E-state index contributed by atoms with van der Waals surface area (Å²) >= 11 is 7.89. The van der Waals surface area contributed by atoms with E-state index >= 15 is 0 Å². The van der Waals surface area contributed by atoms with Crippen LogP contribution in [0.5, 0.6) is 0 Å². The lowest BCUT2D eigenvalue weighted by molar-refractivity contribution is 0.132. The number of halogens is 1. The van der Waals surface area contributed by atoms with Gasteiger partial charge in [-0.3, -0.25) is 4.40 Å². The van der Waals surface area contributed by atoms with Crippen LogP contribution in [0.25, 0.3) is 16.2 Å². The number of aryl methyl sites for hydroxylation is 3. The third-order valence-corrected chi connectivity index (χ3v) is 6.83. The first-order valence-corrected chi connectivity index (χ1v) is 11.4. The standard InChI is InChI=1S/C24H22ClN3OS/c1-16-5-4-6-17(13-16)15-29-26-14-21-23(18-9-11-19(25)12-10-18)27-24-28(21)20-7-2-3-8-22(20)30-24/h4-6,9-14H,2-3,7-8,15H2,1H3/b26-14+. The Morgan fingerprint density at radius 1 is 1.17 bits per heavy atom. The van der Waals surface area contributed by atoms with Crippen molar-refractivity contribution in [1.29, 1.82) is 0 Å². The number of fused-ring (bicyclic) bond motifs is 3. The minimum absolute atomic E-state index is 0.443. The summed E-state index contributed by atoms with van der Waals surface area (Å²) in [6.07, 6.45) is 6.50. The number of benzene rings is 2. The van der Waals surface area contributed by atoms with Crippen LogP contribution in [0.4, 0.5) is 0 Å². The molecule has 1 aliphatic rings. The zero-order valence-electron chi connectivity index (χ0n) is 16.8. The van der Waals surface area contributed by atoms with Gasteiger partial charge in [0.15, 0.2) is 4.96 Å². The van der Waals surface area contributed by atoms with Crippen molar-refractivity contribution >= 4 is 34.1 Å². The van der Waals surface area contributed by atoms with Crippen LogP contribution in [-0.4, -0.2) is 15.6 Å². The van der Waals surface area contributed by atoms with Gasteiger partial charge in [-0.25, -0.2) is 4.98 Å². The minimum Gasteiger partial charge on any atom is -0.391 e. The lowest BCUT2D eigenvalue weighted by atomic mass is 10.0. The van der Waals surface area contributed by atoms with Crippen LogP contribution in [0.15, 0.2) is 53.7 Å². The first kappa shape index (κ1) is 19.3. The molecule has 0 spiro atoms. The molecule has 2 aromatic heterocycles. The molecule has 6 heteroatoms. The normalized spacial score (nSPS) is 13.8. The Balaban J connectivity index is 1.51. The Bertz CT molecular complexity index is 1220. The molecule has 0 saturated carbocycles. The third-order valence-electron chi connectivity index (χ3n) is 5.44. The quantitative estimate of drug-likeness (QED) is 0.266. The number of rotatable bonds is 5. The second-order valence-electron chi connectivity index (χ2n) is 7.65. The molecule has 0 saturated heterocycles. The maximum atomic E-state index is 6.09. The maximum absolute atomic E-state index is 6.09. The molecular weight excluding hydrogens is 414 g/mol. The highest BCUT2D eigenvalue weighted by atomic mass is 35.5. The Kier molecular flexibility index (Phi) is 5.32. The van der Waals surface area contributed by atoms with E-state index in [1.807, 2.05) is 36.4 Å². The molecule has 2 heterocycles. The molecule has 5 rings (SSSR count). The van der Waals surface area contributed by atoms with Gasteiger partial charge >= 0.3 is 0 Å². The van der Waals surface area contributed by atoms with E-state index in [1.165, 1.54) is 29.0 Å². The SMILES string of the molecule is Cc1cccc(CO/N=C/c2c(-c3ccc(Cl)cc3)nc3sc4c(n23)CCCC4)c1. The van der Waals surface area contributed by atoms with Gasteiger partial charge in [-0.2, -0.15) is 0 Å². The van der Waals surface area contributed by atoms with Crippen molar-refractivity contribution in [3.8, 4) is 11.3 Å². The number of hydrogen-bond donors (Lipinski definition) is 0. The van der Waals surface area contributed by atoms with Crippen molar-refractivity contribution in [3.05, 3.63) is 80.9 Å². The summed E-state index contributed by atoms with van der Waals surface area (Å²) in [6, 6.07) is 16.1. The van der Waals surface area contributed by atoms with Crippen molar-refractivity contribution in [1.82, 2.24) is 9.38 Å². The first-order chi connectivity index (χ1) is 14.7. The Morgan fingerprint density at radius 2 is 2.00 bits per heavy atom. The van der Waals surface area contributed by atoms with E-state index < -0.39 is 0 Å². The lowest BCUT2D eigenvalue weighted by Crippen LogP contribution is -2.05. The van der Waals surface area contributed by atoms with E-state index in [9.17, 15) is 0 Å². The molecule has 0 aliphatic heterocycles. The van der Waals surface area contributed by atoms with Gasteiger partial charge in [0.05, 0.1) is 17.6 Å². The van der Waals surface area contributed by atoms with E-state index in [0.717, 1.165) is 40.3 Å². The number of nitrogens with zero attached hydrogens (tertiary/aromatic N) is 3. The summed E-state index contributed by atoms with van der Waals surface area (Å²) in [4.78, 5) is 13.1. The molecule has 4 aromatic rings. The van der Waals surface area contributed by atoms with Gasteiger partial charge in [0.2, 0.25) is 0 Å². The topological polar surface area (TPSA) is 38.9 Å². The molecule has 0 bridgehead atoms. The summed E-state index contributed by atoms with van der Waals surface area (Å²) in [7, 11) is 0. The molecule has 2 aromatic carbocycles. The second kappa shape index (κ2) is 8.25. The predicted octanol–water partition coefficient (Wildman–Crippen LogP) is 6.45. The fraction of sp³-hybridized carbons (Fsp3) is 0.250. The van der Waals surface area contributed by atoms with Crippen LogP contribution in [-0.2, 0) is 24.3 Å². The van der Waals surface area contributed by atoms with Crippen LogP contribution in [0.1, 0.15) is 40.2 Å². The lowest BCUT2D eigenvalue weighted by Gasteiger charge is -2.11. The van der Waals surface area contributed by atoms with Gasteiger partial charge in [0, 0.05) is 21.2 Å². The fourth-order valence-electron chi connectivity index (χ4n) is 4.00. The van der Waals surface area contributed by atoms with Gasteiger partial charge in [0.25, 0.3) is 0 Å². The highest BCUT2D eigenvalue weighted by Gasteiger charge is 2.22. The highest BCUT2D eigenvalue weighted by molar-refractivity contribution is 7.17. The summed E-state index contributed by atoms with van der Waals surface area (Å²) in [5, 5.41) is 5.03. The summed E-state index contributed by atoms with van der Waals surface area (Å²) in [5.41, 5.74) is 6.60. The van der Waals surface area contributed by atoms with Crippen LogP contribution < -0.4 is 0 Å². The fourth-order valence-corrected chi connectivity index (χ4v) is 5.34. The Hall–Kier alpha value is -2.63. The van der Waals surface area contributed by atoms with Crippen molar-refractivity contribution < 1.29 is 4.84 Å². The number of aromatic nitrogens is 2. The smallest absolute Gasteiger partial charge is 0.195 e. The van der Waals surface area contributed by atoms with Gasteiger partial charge < -0.3 is 4.84 Å². The number of thiazole rings is 1. The van der Waals surface area contributed by atoms with Gasteiger partial charge in [-0.05, 0) is 50.3 Å². The Morgan fingerprint density at radius 3 is 2.83 bits per heavy atom. The van der Waals surface area contributed by atoms with Crippen molar-refractivity contribution in [2.75, 3.05) is 0 Å². The second-order valence-corrected chi connectivity index (χ2v) is 9.15. The molecular formula is C24H22ClN3OS. The average molecular weight is 436 g/mol. The minimum atomic E-state index is 0.443. The van der Waals surface area contributed by atoms with Crippen LogP contribution >= 0.6 is 22.9 Å². The van der Waals surface area contributed by atoms with E-state index in [2.05, 4.69) is 28.6 Å². The van der Waals surface area contributed by atoms with E-state index in [-0.39, 0.29) is 0 Å². The molecule has 4 nitrogen and oxygen atoms in total. The largest absolute Gasteiger partial charge is 0.391 e. The molecule has 30 heavy (non-hydrogen) atoms. The zero-order valence-corrected chi connectivity index (χ0v) is 18.3. The monoisotopic (exact) mass is 435 g/mol. The van der Waals surface area contributed by atoms with Gasteiger partial charge in [-0.1, -0.05) is 58.7 Å². The van der Waals surface area contributed by atoms with Crippen molar-refractivity contribution in [3.63, 3.8) is 0 Å². The molecule has 0 amide bonds. The van der Waals surface area contributed by atoms with E-state index in [0.29, 0.717) is 11.6 Å². The van der Waals surface area contributed by atoms with E-state index in [1.54, 1.807) is 17.6 Å². The van der Waals surface area contributed by atoms with Crippen LogP contribution in [0, 0.1) is 6.92 Å². The first-order valence-electron chi connectivity index (χ1n) is 10.2. The molecule has 0 fully saturated rings. The number of oxime groups is 1. The summed E-state index contributed by atoms with van der Waals surface area (Å²) < 4.78 is 2.27. The van der Waals surface area contributed by atoms with Crippen molar-refractivity contribution in [2.45, 2.75) is 39.2 Å².